The fraction of sp³-hybridized carbons (Fsp3) is 0.538. The number of para-hydroxylation sites is 1. The summed E-state index contributed by atoms with van der Waals surface area (Å²) in [6, 6.07) is 6.39. The molecule has 3 rings (SSSR count). The number of ether oxygens (including phenoxy) is 1. The van der Waals surface area contributed by atoms with E-state index in [2.05, 4.69) is 28.9 Å². The van der Waals surface area contributed by atoms with Crippen LogP contribution in [0.4, 0.5) is 4.79 Å². The Morgan fingerprint density at radius 3 is 2.31 bits per heavy atom. The summed E-state index contributed by atoms with van der Waals surface area (Å²) in [5, 5.41) is 13.1. The van der Waals surface area contributed by atoms with Crippen molar-refractivity contribution in [3.8, 4) is 0 Å². The summed E-state index contributed by atoms with van der Waals surface area (Å²) in [5.41, 5.74) is 7.89. The molecule has 1 aromatic heterocycles. The first-order chi connectivity index (χ1) is 17.1. The van der Waals surface area contributed by atoms with Crippen LogP contribution in [0.3, 0.4) is 0 Å². The van der Waals surface area contributed by atoms with E-state index >= 15 is 0 Å². The summed E-state index contributed by atoms with van der Waals surface area (Å²) in [4.78, 5) is 50.5. The van der Waals surface area contributed by atoms with Gasteiger partial charge in [-0.25, -0.2) is 9.59 Å². The topological polar surface area (TPSA) is 155 Å². The third-order valence-corrected chi connectivity index (χ3v) is 6.01. The number of carboxylic acids is 1. The van der Waals surface area contributed by atoms with Crippen molar-refractivity contribution in [1.82, 2.24) is 15.2 Å². The highest BCUT2D eigenvalue weighted by Gasteiger charge is 2.24. The Morgan fingerprint density at radius 1 is 1.08 bits per heavy atom. The zero-order chi connectivity index (χ0) is 26.7. The summed E-state index contributed by atoms with van der Waals surface area (Å²) < 4.78 is 4.50. The molecule has 1 atom stereocenters. The molecule has 1 aromatic carbocycles. The number of urea groups is 1. The number of carbonyl (C=O) groups is 4. The maximum Gasteiger partial charge on any atom is 0.326 e. The van der Waals surface area contributed by atoms with Crippen LogP contribution in [0.5, 0.6) is 0 Å². The molecule has 198 valence electrons. The molecule has 5 N–H and O–H groups in total. The number of nitrogens with one attached hydrogen (secondary N) is 2. The molecular formula is C26H38N4O6. The normalized spacial score (nSPS) is 14.1. The van der Waals surface area contributed by atoms with Crippen molar-refractivity contribution in [2.45, 2.75) is 64.8 Å². The van der Waals surface area contributed by atoms with Crippen LogP contribution in [-0.2, 0) is 32.0 Å². The Kier molecular flexibility index (Phi) is 11.2. The van der Waals surface area contributed by atoms with Gasteiger partial charge < -0.3 is 30.8 Å². The number of fused-ring (bicyclic) bond motifs is 1. The van der Waals surface area contributed by atoms with Crippen molar-refractivity contribution in [2.75, 3.05) is 20.2 Å². The Bertz CT molecular complexity index is 1040. The second-order valence-electron chi connectivity index (χ2n) is 9.35. The minimum atomic E-state index is -1.11. The van der Waals surface area contributed by atoms with E-state index in [4.69, 9.17) is 5.73 Å². The number of H-pyrrole nitrogens is 1. The lowest BCUT2D eigenvalue weighted by Gasteiger charge is -2.24. The van der Waals surface area contributed by atoms with Crippen LogP contribution in [0, 0.1) is 5.92 Å². The van der Waals surface area contributed by atoms with Gasteiger partial charge in [-0.05, 0) is 43.2 Å². The number of carboxylic acid groups (broad SMARTS) is 1. The molecule has 10 nitrogen and oxygen atoms in total. The average Bonchev–Trinajstić information content (AvgIpc) is 3.19. The third kappa shape index (κ3) is 8.90. The molecule has 2 heterocycles. The van der Waals surface area contributed by atoms with Crippen LogP contribution < -0.4 is 11.1 Å². The number of nitrogens with two attached hydrogens (primary N) is 1. The minimum absolute atomic E-state index is 0.0830. The number of likely N-dealkylation sites (tertiary alicyclic amines) is 1. The highest BCUT2D eigenvalue weighted by molar-refractivity contribution is 5.88. The van der Waals surface area contributed by atoms with Crippen LogP contribution in [0.15, 0.2) is 24.3 Å². The predicted octanol–water partition coefficient (Wildman–Crippen LogP) is 2.98. The molecule has 10 heteroatoms. The molecule has 0 aliphatic carbocycles. The summed E-state index contributed by atoms with van der Waals surface area (Å²) in [6.45, 7) is 5.90. The molecule has 0 spiro atoms. The van der Waals surface area contributed by atoms with Crippen LogP contribution in [0.2, 0.25) is 0 Å². The van der Waals surface area contributed by atoms with E-state index in [1.54, 1.807) is 4.90 Å². The molecule has 0 radical (unpaired) electrons. The van der Waals surface area contributed by atoms with E-state index in [1.165, 1.54) is 13.5 Å². The number of rotatable bonds is 9. The molecule has 3 amide bonds. The minimum Gasteiger partial charge on any atom is -0.480 e. The van der Waals surface area contributed by atoms with E-state index in [1.807, 2.05) is 24.3 Å². The first kappa shape index (κ1) is 28.7. The van der Waals surface area contributed by atoms with Crippen molar-refractivity contribution >= 4 is 34.8 Å². The van der Waals surface area contributed by atoms with Crippen molar-refractivity contribution in [3.05, 3.63) is 35.5 Å². The zero-order valence-electron chi connectivity index (χ0n) is 21.3. The second kappa shape index (κ2) is 14.1. The predicted molar refractivity (Wildman–Crippen MR) is 136 cm³/mol. The second-order valence-corrected chi connectivity index (χ2v) is 9.35. The summed E-state index contributed by atoms with van der Waals surface area (Å²) in [6.07, 6.45) is 4.23. The van der Waals surface area contributed by atoms with Crippen LogP contribution in [-0.4, -0.2) is 65.1 Å². The number of amides is 3. The Labute approximate surface area is 211 Å². The van der Waals surface area contributed by atoms with Crippen molar-refractivity contribution in [1.29, 1.82) is 0 Å². The maximum atomic E-state index is 12.0. The lowest BCUT2D eigenvalue weighted by molar-refractivity contribution is -0.143. The molecule has 1 fully saturated rings. The number of primary amides is 1. The number of aliphatic carboxylic acids is 1. The summed E-state index contributed by atoms with van der Waals surface area (Å²) >= 11 is 0. The van der Waals surface area contributed by atoms with Gasteiger partial charge in [-0.15, -0.1) is 0 Å². The third-order valence-electron chi connectivity index (χ3n) is 6.01. The number of nitrogens with zero attached hydrogens (tertiary/aromatic N) is 1. The van der Waals surface area contributed by atoms with Crippen molar-refractivity contribution in [3.63, 3.8) is 0 Å². The van der Waals surface area contributed by atoms with E-state index in [-0.39, 0.29) is 25.3 Å². The van der Waals surface area contributed by atoms with E-state index in [9.17, 15) is 24.3 Å². The van der Waals surface area contributed by atoms with Crippen molar-refractivity contribution in [2.24, 2.45) is 11.7 Å². The number of esters is 1. The van der Waals surface area contributed by atoms with Gasteiger partial charge in [0.25, 0.3) is 0 Å². The molecular weight excluding hydrogens is 464 g/mol. The number of methoxy groups -OCH3 is 1. The molecule has 2 aromatic rings. The van der Waals surface area contributed by atoms with Gasteiger partial charge in [-0.2, -0.15) is 0 Å². The highest BCUT2D eigenvalue weighted by Crippen LogP contribution is 2.26. The highest BCUT2D eigenvalue weighted by atomic mass is 16.5. The molecule has 1 aliphatic heterocycles. The monoisotopic (exact) mass is 502 g/mol. The lowest BCUT2D eigenvalue weighted by Crippen LogP contribution is -2.42. The van der Waals surface area contributed by atoms with Gasteiger partial charge in [0.2, 0.25) is 5.91 Å². The summed E-state index contributed by atoms with van der Waals surface area (Å²) in [7, 11) is 1.24. The number of aromatic amines is 1. The largest absolute Gasteiger partial charge is 0.480 e. The van der Waals surface area contributed by atoms with Gasteiger partial charge in [-0.1, -0.05) is 32.0 Å². The van der Waals surface area contributed by atoms with Crippen LogP contribution >= 0.6 is 0 Å². The number of piperidine rings is 1. The molecule has 0 unspecified atom stereocenters. The van der Waals surface area contributed by atoms with Crippen LogP contribution in [0.1, 0.15) is 57.2 Å². The SMILES string of the molecule is COC(=O)CCC(=O)N[C@@H](Cc1c(CC(C)C)[nH]c2ccccc12)C(=O)O.NC(=O)N1CCCCC1. The molecule has 0 saturated carbocycles. The van der Waals surface area contributed by atoms with E-state index < -0.39 is 23.9 Å². The molecule has 1 saturated heterocycles. The fourth-order valence-electron chi connectivity index (χ4n) is 4.17. The first-order valence-electron chi connectivity index (χ1n) is 12.3. The summed E-state index contributed by atoms with van der Waals surface area (Å²) in [5.74, 6) is -1.71. The smallest absolute Gasteiger partial charge is 0.326 e. The van der Waals surface area contributed by atoms with Gasteiger partial charge in [-0.3, -0.25) is 9.59 Å². The van der Waals surface area contributed by atoms with Crippen LogP contribution in [0.25, 0.3) is 10.9 Å². The van der Waals surface area contributed by atoms with Gasteiger partial charge >= 0.3 is 18.0 Å². The molecule has 0 bridgehead atoms. The number of hydrogen-bond acceptors (Lipinski definition) is 5. The quantitative estimate of drug-likeness (QED) is 0.386. The van der Waals surface area contributed by atoms with Crippen molar-refractivity contribution < 1.29 is 29.0 Å². The first-order valence-corrected chi connectivity index (χ1v) is 12.3. The molecule has 1 aliphatic rings. The Morgan fingerprint density at radius 2 is 1.75 bits per heavy atom. The average molecular weight is 503 g/mol. The zero-order valence-corrected chi connectivity index (χ0v) is 21.3. The number of carbonyl (C=O) groups excluding carboxylic acids is 3. The van der Waals surface area contributed by atoms with Gasteiger partial charge in [0.15, 0.2) is 0 Å². The molecule has 36 heavy (non-hydrogen) atoms. The van der Waals surface area contributed by atoms with E-state index in [0.717, 1.165) is 54.5 Å². The Hall–Kier alpha value is -3.56. The standard InChI is InChI=1S/C20H26N2O5.C6H12N2O/c1-12(2)10-16-14(13-6-4-5-7-15(13)21-16)11-17(20(25)26)22-18(23)8-9-19(24)27-3;7-6(9)8-4-2-1-3-5-8/h4-7,12,17,21H,8-11H2,1-3H3,(H,22,23)(H,25,26);1-5H2,(H2,7,9)/t17-;/m0./s1. The van der Waals surface area contributed by atoms with E-state index in [0.29, 0.717) is 5.92 Å². The van der Waals surface area contributed by atoms with Gasteiger partial charge in [0.05, 0.1) is 13.5 Å². The number of benzene rings is 1. The fourth-order valence-corrected chi connectivity index (χ4v) is 4.17. The van der Waals surface area contributed by atoms with Gasteiger partial charge in [0.1, 0.15) is 6.04 Å². The van der Waals surface area contributed by atoms with Gasteiger partial charge in [0, 0.05) is 42.5 Å². The maximum absolute atomic E-state index is 12.0. The Balaban J connectivity index is 0.000000425. The number of hydrogen-bond donors (Lipinski definition) is 4. The number of aromatic nitrogens is 1. The lowest BCUT2D eigenvalue weighted by atomic mass is 9.97.